The van der Waals surface area contributed by atoms with Crippen molar-refractivity contribution in [2.45, 2.75) is 13.5 Å². The normalized spacial score (nSPS) is 17.4. The van der Waals surface area contributed by atoms with Gasteiger partial charge < -0.3 is 5.32 Å². The van der Waals surface area contributed by atoms with Crippen molar-refractivity contribution in [2.75, 3.05) is 39.0 Å². The molecule has 0 unspecified atom stereocenters. The molecule has 0 radical (unpaired) electrons. The highest BCUT2D eigenvalue weighted by Crippen LogP contribution is 2.12. The van der Waals surface area contributed by atoms with E-state index < -0.39 is 10.0 Å². The maximum absolute atomic E-state index is 11.8. The SMILES string of the molecule is CCNC(=O)c1cccc(CN2CCN(S(C)(=O)=O)CC2)c1. The van der Waals surface area contributed by atoms with Gasteiger partial charge in [0, 0.05) is 44.8 Å². The van der Waals surface area contributed by atoms with E-state index in [1.807, 2.05) is 25.1 Å². The van der Waals surface area contributed by atoms with Crippen molar-refractivity contribution < 1.29 is 13.2 Å². The number of benzene rings is 1. The highest BCUT2D eigenvalue weighted by molar-refractivity contribution is 7.88. The van der Waals surface area contributed by atoms with Crippen LogP contribution in [0.3, 0.4) is 0 Å². The highest BCUT2D eigenvalue weighted by Gasteiger charge is 2.23. The molecule has 0 aromatic heterocycles. The summed E-state index contributed by atoms with van der Waals surface area (Å²) in [5, 5.41) is 2.79. The summed E-state index contributed by atoms with van der Waals surface area (Å²) in [6, 6.07) is 7.57. The smallest absolute Gasteiger partial charge is 0.251 e. The summed E-state index contributed by atoms with van der Waals surface area (Å²) in [6.07, 6.45) is 1.25. The van der Waals surface area contributed by atoms with Gasteiger partial charge in [0.1, 0.15) is 0 Å². The Morgan fingerprint density at radius 2 is 1.91 bits per heavy atom. The summed E-state index contributed by atoms with van der Waals surface area (Å²) in [6.45, 7) is 5.69. The van der Waals surface area contributed by atoms with Gasteiger partial charge in [0.2, 0.25) is 10.0 Å². The number of hydrogen-bond acceptors (Lipinski definition) is 4. The average Bonchev–Trinajstić information content (AvgIpc) is 2.47. The van der Waals surface area contributed by atoms with Crippen LogP contribution in [0.1, 0.15) is 22.8 Å². The van der Waals surface area contributed by atoms with Crippen molar-refractivity contribution in [3.63, 3.8) is 0 Å². The molecule has 0 atom stereocenters. The van der Waals surface area contributed by atoms with Gasteiger partial charge in [-0.2, -0.15) is 4.31 Å². The Hall–Kier alpha value is -1.44. The first-order valence-electron chi connectivity index (χ1n) is 7.44. The molecular weight excluding hydrogens is 302 g/mol. The molecule has 7 heteroatoms. The van der Waals surface area contributed by atoms with E-state index in [4.69, 9.17) is 0 Å². The fraction of sp³-hybridized carbons (Fsp3) is 0.533. The zero-order valence-corrected chi connectivity index (χ0v) is 13.9. The van der Waals surface area contributed by atoms with Gasteiger partial charge in [-0.15, -0.1) is 0 Å². The molecule has 0 bridgehead atoms. The van der Waals surface area contributed by atoms with Crippen LogP contribution in [0.15, 0.2) is 24.3 Å². The molecule has 1 aromatic carbocycles. The van der Waals surface area contributed by atoms with Crippen LogP contribution in [-0.2, 0) is 16.6 Å². The number of nitrogens with one attached hydrogen (secondary N) is 1. The van der Waals surface area contributed by atoms with Gasteiger partial charge in [0.05, 0.1) is 6.26 Å². The fourth-order valence-electron chi connectivity index (χ4n) is 2.55. The third-order valence-corrected chi connectivity index (χ3v) is 5.04. The van der Waals surface area contributed by atoms with E-state index in [0.29, 0.717) is 38.3 Å². The zero-order valence-electron chi connectivity index (χ0n) is 13.1. The van der Waals surface area contributed by atoms with Crippen LogP contribution in [0.2, 0.25) is 0 Å². The Balaban J connectivity index is 1.95. The number of carbonyl (C=O) groups is 1. The van der Waals surface area contributed by atoms with Gasteiger partial charge in [0.25, 0.3) is 5.91 Å². The molecular formula is C15H23N3O3S. The second-order valence-corrected chi connectivity index (χ2v) is 7.48. The molecule has 0 saturated carbocycles. The molecule has 0 aliphatic carbocycles. The molecule has 1 amide bonds. The van der Waals surface area contributed by atoms with Crippen LogP contribution in [0, 0.1) is 0 Å². The Bertz CT molecular complexity index is 623. The Morgan fingerprint density at radius 3 is 2.50 bits per heavy atom. The maximum atomic E-state index is 11.8. The van der Waals surface area contributed by atoms with Gasteiger partial charge in [-0.05, 0) is 24.6 Å². The quantitative estimate of drug-likeness (QED) is 0.856. The number of sulfonamides is 1. The monoisotopic (exact) mass is 325 g/mol. The predicted octanol–water partition coefficient (Wildman–Crippen LogP) is 0.514. The number of rotatable bonds is 5. The van der Waals surface area contributed by atoms with E-state index in [0.717, 1.165) is 12.1 Å². The van der Waals surface area contributed by atoms with E-state index in [-0.39, 0.29) is 5.91 Å². The summed E-state index contributed by atoms with van der Waals surface area (Å²) in [5.74, 6) is -0.0637. The molecule has 0 spiro atoms. The van der Waals surface area contributed by atoms with Crippen molar-refractivity contribution in [1.29, 1.82) is 0 Å². The number of piperazine rings is 1. The maximum Gasteiger partial charge on any atom is 0.251 e. The van der Waals surface area contributed by atoms with E-state index in [2.05, 4.69) is 10.2 Å². The van der Waals surface area contributed by atoms with E-state index >= 15 is 0 Å². The fourth-order valence-corrected chi connectivity index (χ4v) is 3.38. The molecule has 1 aromatic rings. The van der Waals surface area contributed by atoms with Crippen LogP contribution >= 0.6 is 0 Å². The molecule has 2 rings (SSSR count). The summed E-state index contributed by atoms with van der Waals surface area (Å²) >= 11 is 0. The van der Waals surface area contributed by atoms with Crippen LogP contribution in [0.25, 0.3) is 0 Å². The second kappa shape index (κ2) is 7.21. The minimum Gasteiger partial charge on any atom is -0.352 e. The van der Waals surface area contributed by atoms with Crippen molar-refractivity contribution in [3.05, 3.63) is 35.4 Å². The number of hydrogen-bond donors (Lipinski definition) is 1. The highest BCUT2D eigenvalue weighted by atomic mass is 32.2. The van der Waals surface area contributed by atoms with Gasteiger partial charge in [0.15, 0.2) is 0 Å². The standard InChI is InChI=1S/C15H23N3O3S/c1-3-16-15(19)14-6-4-5-13(11-14)12-17-7-9-18(10-8-17)22(2,20)21/h4-6,11H,3,7-10,12H2,1-2H3,(H,16,19). The average molecular weight is 325 g/mol. The van der Waals surface area contributed by atoms with Crippen LogP contribution < -0.4 is 5.32 Å². The molecule has 1 saturated heterocycles. The summed E-state index contributed by atoms with van der Waals surface area (Å²) in [7, 11) is -3.09. The Labute approximate surface area is 132 Å². The lowest BCUT2D eigenvalue weighted by Gasteiger charge is -2.33. The molecule has 1 aliphatic rings. The zero-order chi connectivity index (χ0) is 16.2. The first-order chi connectivity index (χ1) is 10.4. The predicted molar refractivity (Wildman–Crippen MR) is 86.1 cm³/mol. The van der Waals surface area contributed by atoms with E-state index in [1.165, 1.54) is 10.6 Å². The van der Waals surface area contributed by atoms with Crippen LogP contribution in [0.5, 0.6) is 0 Å². The Morgan fingerprint density at radius 1 is 1.23 bits per heavy atom. The number of carbonyl (C=O) groups excluding carboxylic acids is 1. The van der Waals surface area contributed by atoms with Gasteiger partial charge in [-0.25, -0.2) is 8.42 Å². The van der Waals surface area contributed by atoms with Crippen LogP contribution in [0.4, 0.5) is 0 Å². The molecule has 1 aliphatic heterocycles. The minimum atomic E-state index is -3.09. The molecule has 1 heterocycles. The van der Waals surface area contributed by atoms with Crippen molar-refractivity contribution in [3.8, 4) is 0 Å². The van der Waals surface area contributed by atoms with Gasteiger partial charge in [-0.1, -0.05) is 12.1 Å². The molecule has 6 nitrogen and oxygen atoms in total. The first kappa shape index (κ1) is 16.9. The molecule has 122 valence electrons. The van der Waals surface area contributed by atoms with Gasteiger partial charge >= 0.3 is 0 Å². The number of nitrogens with zero attached hydrogens (tertiary/aromatic N) is 2. The lowest BCUT2D eigenvalue weighted by Crippen LogP contribution is -2.47. The van der Waals surface area contributed by atoms with Crippen molar-refractivity contribution in [2.24, 2.45) is 0 Å². The molecule has 22 heavy (non-hydrogen) atoms. The third kappa shape index (κ3) is 4.53. The van der Waals surface area contributed by atoms with E-state index in [1.54, 1.807) is 6.07 Å². The first-order valence-corrected chi connectivity index (χ1v) is 9.29. The topological polar surface area (TPSA) is 69.7 Å². The summed E-state index contributed by atoms with van der Waals surface area (Å²) in [4.78, 5) is 14.1. The lowest BCUT2D eigenvalue weighted by atomic mass is 10.1. The Kier molecular flexibility index (Phi) is 5.55. The summed E-state index contributed by atoms with van der Waals surface area (Å²) < 4.78 is 24.5. The minimum absolute atomic E-state index is 0.0637. The lowest BCUT2D eigenvalue weighted by molar-refractivity contribution is 0.0955. The van der Waals surface area contributed by atoms with E-state index in [9.17, 15) is 13.2 Å². The van der Waals surface area contributed by atoms with Gasteiger partial charge in [-0.3, -0.25) is 9.69 Å². The van der Waals surface area contributed by atoms with Crippen molar-refractivity contribution >= 4 is 15.9 Å². The molecule has 1 N–H and O–H groups in total. The van der Waals surface area contributed by atoms with Crippen molar-refractivity contribution in [1.82, 2.24) is 14.5 Å². The summed E-state index contributed by atoms with van der Waals surface area (Å²) in [5.41, 5.74) is 1.73. The van der Waals surface area contributed by atoms with Crippen LogP contribution in [-0.4, -0.2) is 62.5 Å². The largest absolute Gasteiger partial charge is 0.352 e. The third-order valence-electron chi connectivity index (χ3n) is 3.73. The second-order valence-electron chi connectivity index (χ2n) is 5.50. The number of amides is 1. The molecule has 1 fully saturated rings.